The van der Waals surface area contributed by atoms with Crippen LogP contribution in [0.25, 0.3) is 34.7 Å². The van der Waals surface area contributed by atoms with Crippen LogP contribution in [0.4, 0.5) is 0 Å². The number of aryl methyl sites for hydroxylation is 2. The van der Waals surface area contributed by atoms with Crippen LogP contribution >= 0.6 is 0 Å². The van der Waals surface area contributed by atoms with E-state index in [4.69, 9.17) is 14.1 Å². The van der Waals surface area contributed by atoms with Gasteiger partial charge < -0.3 is 13.7 Å². The molecule has 5 heteroatoms. The highest BCUT2D eigenvalue weighted by Gasteiger charge is 2.14. The lowest BCUT2D eigenvalue weighted by Gasteiger charge is -2.11. The lowest BCUT2D eigenvalue weighted by atomic mass is 10.0. The quantitative estimate of drug-likeness (QED) is 0.166. The molecule has 2 heterocycles. The van der Waals surface area contributed by atoms with Crippen LogP contribution in [0.2, 0.25) is 0 Å². The molecule has 0 fully saturated rings. The molecular weight excluding hydrogens is 506 g/mol. The van der Waals surface area contributed by atoms with Crippen molar-refractivity contribution in [1.29, 1.82) is 0 Å². The van der Waals surface area contributed by atoms with Gasteiger partial charge in [-0.15, -0.1) is 0 Å². The third-order valence-electron chi connectivity index (χ3n) is 6.89. The fourth-order valence-electron chi connectivity index (χ4n) is 4.82. The van der Waals surface area contributed by atoms with Crippen LogP contribution in [0.1, 0.15) is 29.1 Å². The van der Waals surface area contributed by atoms with Crippen molar-refractivity contribution in [2.45, 2.75) is 26.0 Å². The molecule has 6 rings (SSSR count). The van der Waals surface area contributed by atoms with Crippen LogP contribution in [0, 0.1) is 0 Å². The topological polar surface area (TPSA) is 53.1 Å². The lowest BCUT2D eigenvalue weighted by molar-refractivity contribution is 0.301. The first-order valence-electron chi connectivity index (χ1n) is 13.9. The normalized spacial score (nSPS) is 11.2. The highest BCUT2D eigenvalue weighted by molar-refractivity contribution is 5.78. The fourth-order valence-corrected chi connectivity index (χ4v) is 4.82. The van der Waals surface area contributed by atoms with E-state index in [9.17, 15) is 0 Å². The van der Waals surface area contributed by atoms with Crippen LogP contribution in [0.5, 0.6) is 5.75 Å². The first-order chi connectivity index (χ1) is 20.3. The second kappa shape index (κ2) is 12.8. The van der Waals surface area contributed by atoms with Crippen molar-refractivity contribution in [2.75, 3.05) is 0 Å². The molecule has 0 aliphatic carbocycles. The van der Waals surface area contributed by atoms with Crippen molar-refractivity contribution in [2.24, 2.45) is 0 Å². The predicted molar refractivity (Wildman–Crippen MR) is 164 cm³/mol. The van der Waals surface area contributed by atoms with Crippen molar-refractivity contribution in [3.05, 3.63) is 151 Å². The number of ether oxygens (including phenoxy) is 1. The molecule has 0 saturated heterocycles. The Labute approximate surface area is 240 Å². The molecule has 41 heavy (non-hydrogen) atoms. The standard InChI is InChI=1S/C36H31N3O2/c1-4-11-28(12-5-1)20-23-34-38-32(26-41-34)25-40-33-21-18-29(19-22-33)13-10-24-39-27-37-35(30-14-6-2-7-15-30)36(39)31-16-8-3-9-17-31/h1-9,11-12,14-23,26-27H,10,13,24-25H2/b23-20+. The highest BCUT2D eigenvalue weighted by atomic mass is 16.5. The van der Waals surface area contributed by atoms with Crippen LogP contribution < -0.4 is 4.74 Å². The molecule has 0 saturated carbocycles. The van der Waals surface area contributed by atoms with Crippen molar-refractivity contribution in [1.82, 2.24) is 14.5 Å². The largest absolute Gasteiger partial charge is 0.487 e. The van der Waals surface area contributed by atoms with Gasteiger partial charge in [-0.1, -0.05) is 103 Å². The molecule has 0 unspecified atom stereocenters. The van der Waals surface area contributed by atoms with Crippen LogP contribution in [0.3, 0.4) is 0 Å². The summed E-state index contributed by atoms with van der Waals surface area (Å²) in [5.41, 5.74) is 7.62. The van der Waals surface area contributed by atoms with Crippen molar-refractivity contribution in [3.63, 3.8) is 0 Å². The Bertz CT molecular complexity index is 1690. The van der Waals surface area contributed by atoms with Gasteiger partial charge in [-0.25, -0.2) is 9.97 Å². The zero-order valence-electron chi connectivity index (χ0n) is 22.8. The summed E-state index contributed by atoms with van der Waals surface area (Å²) in [7, 11) is 0. The van der Waals surface area contributed by atoms with Crippen molar-refractivity contribution >= 4 is 12.2 Å². The number of hydrogen-bond acceptors (Lipinski definition) is 4. The predicted octanol–water partition coefficient (Wildman–Crippen LogP) is 8.59. The Morgan fingerprint density at radius 2 is 1.41 bits per heavy atom. The maximum atomic E-state index is 5.95. The average Bonchev–Trinajstić information content (AvgIpc) is 3.68. The molecule has 0 N–H and O–H groups in total. The number of benzene rings is 4. The minimum Gasteiger partial charge on any atom is -0.487 e. The highest BCUT2D eigenvalue weighted by Crippen LogP contribution is 2.31. The Morgan fingerprint density at radius 3 is 2.15 bits per heavy atom. The second-order valence-corrected chi connectivity index (χ2v) is 9.82. The van der Waals surface area contributed by atoms with E-state index in [0.29, 0.717) is 12.5 Å². The van der Waals surface area contributed by atoms with E-state index >= 15 is 0 Å². The summed E-state index contributed by atoms with van der Waals surface area (Å²) in [5.74, 6) is 1.37. The van der Waals surface area contributed by atoms with Gasteiger partial charge in [-0.2, -0.15) is 0 Å². The summed E-state index contributed by atoms with van der Waals surface area (Å²) >= 11 is 0. The zero-order chi connectivity index (χ0) is 27.7. The van der Waals surface area contributed by atoms with Gasteiger partial charge in [0, 0.05) is 23.7 Å². The van der Waals surface area contributed by atoms with E-state index in [1.165, 1.54) is 11.1 Å². The molecule has 0 atom stereocenters. The molecule has 0 aliphatic rings. The molecule has 202 valence electrons. The molecule has 5 nitrogen and oxygen atoms in total. The molecule has 0 spiro atoms. The Balaban J connectivity index is 1.04. The van der Waals surface area contributed by atoms with Gasteiger partial charge in [0.2, 0.25) is 5.89 Å². The molecule has 0 amide bonds. The third-order valence-corrected chi connectivity index (χ3v) is 6.89. The van der Waals surface area contributed by atoms with Gasteiger partial charge in [0.15, 0.2) is 0 Å². The molecule has 0 radical (unpaired) electrons. The summed E-state index contributed by atoms with van der Waals surface area (Å²) < 4.78 is 13.8. The van der Waals surface area contributed by atoms with Gasteiger partial charge in [-0.3, -0.25) is 0 Å². The fraction of sp³-hybridized carbons (Fsp3) is 0.111. The van der Waals surface area contributed by atoms with E-state index < -0.39 is 0 Å². The van der Waals surface area contributed by atoms with E-state index in [0.717, 1.165) is 53.3 Å². The van der Waals surface area contributed by atoms with Crippen LogP contribution in [-0.4, -0.2) is 14.5 Å². The maximum absolute atomic E-state index is 5.95. The second-order valence-electron chi connectivity index (χ2n) is 9.82. The maximum Gasteiger partial charge on any atom is 0.218 e. The van der Waals surface area contributed by atoms with Gasteiger partial charge >= 0.3 is 0 Å². The Morgan fingerprint density at radius 1 is 0.732 bits per heavy atom. The van der Waals surface area contributed by atoms with Crippen LogP contribution in [0.15, 0.2) is 132 Å². The van der Waals surface area contributed by atoms with E-state index in [2.05, 4.69) is 70.2 Å². The molecular formula is C36H31N3O2. The first kappa shape index (κ1) is 26.1. The van der Waals surface area contributed by atoms with Gasteiger partial charge in [0.1, 0.15) is 24.3 Å². The first-order valence-corrected chi connectivity index (χ1v) is 13.9. The number of rotatable bonds is 11. The van der Waals surface area contributed by atoms with Gasteiger partial charge in [0.05, 0.1) is 17.7 Å². The molecule has 4 aromatic carbocycles. The van der Waals surface area contributed by atoms with E-state index in [1.807, 2.05) is 73.1 Å². The SMILES string of the molecule is C(=C\c1nc(COc2ccc(CCCn3cnc(-c4ccccc4)c3-c3ccccc3)cc2)co1)/c1ccccc1. The zero-order valence-corrected chi connectivity index (χ0v) is 22.8. The number of imidazole rings is 1. The van der Waals surface area contributed by atoms with E-state index in [-0.39, 0.29) is 0 Å². The molecule has 2 aromatic heterocycles. The summed E-state index contributed by atoms with van der Waals surface area (Å²) in [5, 5.41) is 0. The number of oxazole rings is 1. The monoisotopic (exact) mass is 537 g/mol. The lowest BCUT2D eigenvalue weighted by Crippen LogP contribution is -2.01. The number of nitrogens with zero attached hydrogens (tertiary/aromatic N) is 3. The number of hydrogen-bond donors (Lipinski definition) is 0. The summed E-state index contributed by atoms with van der Waals surface area (Å²) in [6.45, 7) is 1.24. The molecule has 0 bridgehead atoms. The van der Waals surface area contributed by atoms with Crippen LogP contribution in [-0.2, 0) is 19.6 Å². The van der Waals surface area contributed by atoms with Crippen molar-refractivity contribution < 1.29 is 9.15 Å². The van der Waals surface area contributed by atoms with E-state index in [1.54, 1.807) is 6.26 Å². The minimum absolute atomic E-state index is 0.356. The number of aromatic nitrogens is 3. The third kappa shape index (κ3) is 6.71. The molecule has 0 aliphatic heterocycles. The molecule has 6 aromatic rings. The average molecular weight is 538 g/mol. The Hall–Kier alpha value is -5.16. The van der Waals surface area contributed by atoms with Gasteiger partial charge in [0.25, 0.3) is 0 Å². The minimum atomic E-state index is 0.356. The van der Waals surface area contributed by atoms with Crippen molar-refractivity contribution in [3.8, 4) is 28.3 Å². The summed E-state index contributed by atoms with van der Waals surface area (Å²) in [6, 6.07) is 39.3. The Kier molecular flexibility index (Phi) is 8.14. The van der Waals surface area contributed by atoms with Gasteiger partial charge in [-0.05, 0) is 42.2 Å². The summed E-state index contributed by atoms with van der Waals surface area (Å²) in [4.78, 5) is 9.29. The smallest absolute Gasteiger partial charge is 0.218 e. The summed E-state index contributed by atoms with van der Waals surface area (Å²) in [6.07, 6.45) is 9.42.